The molecule has 23 heavy (non-hydrogen) atoms. The highest BCUT2D eigenvalue weighted by atomic mass is 16.5. The molecular formula is C17H22N2O4. The van der Waals surface area contributed by atoms with E-state index in [1.54, 1.807) is 19.2 Å². The number of carbonyl (C=O) groups is 1. The Balaban J connectivity index is 1.59. The van der Waals surface area contributed by atoms with Crippen molar-refractivity contribution in [3.8, 4) is 5.75 Å². The Labute approximate surface area is 135 Å². The Morgan fingerprint density at radius 3 is 2.61 bits per heavy atom. The van der Waals surface area contributed by atoms with Crippen molar-refractivity contribution in [1.82, 2.24) is 10.6 Å². The van der Waals surface area contributed by atoms with Gasteiger partial charge in [-0.2, -0.15) is 0 Å². The van der Waals surface area contributed by atoms with Crippen LogP contribution in [-0.4, -0.2) is 31.3 Å². The first-order chi connectivity index (χ1) is 11.2. The van der Waals surface area contributed by atoms with Gasteiger partial charge in [0.2, 0.25) is 0 Å². The molecule has 1 aromatic heterocycles. The summed E-state index contributed by atoms with van der Waals surface area (Å²) in [5, 5.41) is 15.3. The lowest BCUT2D eigenvalue weighted by molar-refractivity contribution is 0.140. The molecule has 0 bridgehead atoms. The van der Waals surface area contributed by atoms with Gasteiger partial charge in [-0.3, -0.25) is 0 Å². The summed E-state index contributed by atoms with van der Waals surface area (Å²) in [4.78, 5) is 11.7. The van der Waals surface area contributed by atoms with E-state index in [2.05, 4.69) is 10.6 Å². The summed E-state index contributed by atoms with van der Waals surface area (Å²) in [6.45, 7) is 0.912. The highest BCUT2D eigenvalue weighted by molar-refractivity contribution is 5.73. The summed E-state index contributed by atoms with van der Waals surface area (Å²) in [6, 6.07) is 10.9. The molecule has 0 aliphatic heterocycles. The summed E-state index contributed by atoms with van der Waals surface area (Å²) in [7, 11) is 1.63. The molecule has 0 saturated carbocycles. The fourth-order valence-electron chi connectivity index (χ4n) is 2.12. The maximum Gasteiger partial charge on any atom is 0.314 e. The summed E-state index contributed by atoms with van der Waals surface area (Å²) < 4.78 is 10.2. The van der Waals surface area contributed by atoms with E-state index in [1.807, 2.05) is 24.3 Å². The molecular weight excluding hydrogens is 296 g/mol. The van der Waals surface area contributed by atoms with Crippen molar-refractivity contribution in [2.75, 3.05) is 20.2 Å². The molecule has 0 aliphatic carbocycles. The van der Waals surface area contributed by atoms with Crippen molar-refractivity contribution in [2.24, 2.45) is 0 Å². The maximum atomic E-state index is 11.7. The molecule has 0 fully saturated rings. The standard InChI is InChI=1S/C17H22N2O4/c1-22-14-6-4-13(5-7-14)8-10-18-17(21)19-11-9-15(20)16-3-2-12-23-16/h2-7,12,15,20H,8-11H2,1H3,(H2,18,19,21). The van der Waals surface area contributed by atoms with E-state index in [9.17, 15) is 9.90 Å². The van der Waals surface area contributed by atoms with Crippen LogP contribution in [0.25, 0.3) is 0 Å². The number of aliphatic hydroxyl groups excluding tert-OH is 1. The molecule has 124 valence electrons. The van der Waals surface area contributed by atoms with Crippen molar-refractivity contribution >= 4 is 6.03 Å². The highest BCUT2D eigenvalue weighted by Crippen LogP contribution is 2.15. The van der Waals surface area contributed by atoms with E-state index in [0.29, 0.717) is 25.3 Å². The Bertz CT molecular complexity index is 581. The predicted octanol–water partition coefficient (Wildman–Crippen LogP) is 2.25. The Kier molecular flexibility index (Phi) is 6.50. The Morgan fingerprint density at radius 1 is 1.22 bits per heavy atom. The number of aliphatic hydroxyl groups is 1. The second kappa shape index (κ2) is 8.85. The third-order valence-electron chi connectivity index (χ3n) is 3.43. The predicted molar refractivity (Wildman–Crippen MR) is 86.4 cm³/mol. The topological polar surface area (TPSA) is 83.7 Å². The fraction of sp³-hybridized carbons (Fsp3) is 0.353. The van der Waals surface area contributed by atoms with Gasteiger partial charge in [-0.25, -0.2) is 4.79 Å². The van der Waals surface area contributed by atoms with Gasteiger partial charge in [0.15, 0.2) is 0 Å². The van der Waals surface area contributed by atoms with Crippen LogP contribution in [0.1, 0.15) is 23.8 Å². The molecule has 1 atom stereocenters. The third-order valence-corrected chi connectivity index (χ3v) is 3.43. The van der Waals surface area contributed by atoms with Gasteiger partial charge < -0.3 is 24.9 Å². The van der Waals surface area contributed by atoms with Crippen molar-refractivity contribution in [3.05, 3.63) is 54.0 Å². The molecule has 3 N–H and O–H groups in total. The van der Waals surface area contributed by atoms with Crippen LogP contribution < -0.4 is 15.4 Å². The minimum Gasteiger partial charge on any atom is -0.497 e. The van der Waals surface area contributed by atoms with E-state index in [1.165, 1.54) is 6.26 Å². The molecule has 0 aliphatic rings. The van der Waals surface area contributed by atoms with Gasteiger partial charge in [0.1, 0.15) is 17.6 Å². The second-order valence-electron chi connectivity index (χ2n) is 5.10. The molecule has 1 aromatic carbocycles. The third kappa shape index (κ3) is 5.67. The van der Waals surface area contributed by atoms with Crippen molar-refractivity contribution in [3.63, 3.8) is 0 Å². The lowest BCUT2D eigenvalue weighted by Gasteiger charge is -2.10. The minimum atomic E-state index is -0.704. The van der Waals surface area contributed by atoms with E-state index in [0.717, 1.165) is 17.7 Å². The van der Waals surface area contributed by atoms with Crippen LogP contribution in [-0.2, 0) is 6.42 Å². The normalized spacial score (nSPS) is 11.7. The van der Waals surface area contributed by atoms with Crippen molar-refractivity contribution < 1.29 is 19.1 Å². The number of rotatable bonds is 8. The average molecular weight is 318 g/mol. The van der Waals surface area contributed by atoms with Gasteiger partial charge in [-0.15, -0.1) is 0 Å². The molecule has 2 aromatic rings. The maximum absolute atomic E-state index is 11.7. The number of hydrogen-bond acceptors (Lipinski definition) is 4. The van der Waals surface area contributed by atoms with Gasteiger partial charge >= 0.3 is 6.03 Å². The van der Waals surface area contributed by atoms with Gasteiger partial charge in [0, 0.05) is 13.1 Å². The number of carbonyl (C=O) groups excluding carboxylic acids is 1. The number of ether oxygens (including phenoxy) is 1. The molecule has 0 saturated heterocycles. The van der Waals surface area contributed by atoms with E-state index >= 15 is 0 Å². The number of urea groups is 1. The first-order valence-corrected chi connectivity index (χ1v) is 7.55. The lowest BCUT2D eigenvalue weighted by atomic mass is 10.1. The highest BCUT2D eigenvalue weighted by Gasteiger charge is 2.10. The first-order valence-electron chi connectivity index (χ1n) is 7.55. The molecule has 0 radical (unpaired) electrons. The van der Waals surface area contributed by atoms with E-state index in [4.69, 9.17) is 9.15 Å². The summed E-state index contributed by atoms with van der Waals surface area (Å²) in [6.07, 6.45) is 1.95. The zero-order chi connectivity index (χ0) is 16.5. The smallest absolute Gasteiger partial charge is 0.314 e. The molecule has 0 spiro atoms. The van der Waals surface area contributed by atoms with Crippen LogP contribution in [0.15, 0.2) is 47.1 Å². The number of nitrogens with one attached hydrogen (secondary N) is 2. The SMILES string of the molecule is COc1ccc(CCNC(=O)NCCC(O)c2ccco2)cc1. The van der Waals surface area contributed by atoms with Crippen LogP contribution in [0.4, 0.5) is 4.79 Å². The number of benzene rings is 1. The molecule has 1 heterocycles. The molecule has 2 rings (SSSR count). The molecule has 6 heteroatoms. The quantitative estimate of drug-likeness (QED) is 0.697. The van der Waals surface area contributed by atoms with E-state index < -0.39 is 6.10 Å². The zero-order valence-electron chi connectivity index (χ0n) is 13.1. The van der Waals surface area contributed by atoms with E-state index in [-0.39, 0.29) is 6.03 Å². The largest absolute Gasteiger partial charge is 0.497 e. The lowest BCUT2D eigenvalue weighted by Crippen LogP contribution is -2.37. The number of methoxy groups -OCH3 is 1. The zero-order valence-corrected chi connectivity index (χ0v) is 13.1. The summed E-state index contributed by atoms with van der Waals surface area (Å²) in [5.41, 5.74) is 1.12. The van der Waals surface area contributed by atoms with Crippen LogP contribution in [0, 0.1) is 0 Å². The summed E-state index contributed by atoms with van der Waals surface area (Å²) >= 11 is 0. The van der Waals surface area contributed by atoms with Crippen LogP contribution >= 0.6 is 0 Å². The number of amides is 2. The van der Waals surface area contributed by atoms with Gasteiger partial charge in [-0.05, 0) is 42.7 Å². The molecule has 6 nitrogen and oxygen atoms in total. The summed E-state index contributed by atoms with van der Waals surface area (Å²) in [5.74, 6) is 1.32. The van der Waals surface area contributed by atoms with Gasteiger partial charge in [0.25, 0.3) is 0 Å². The first kappa shape index (κ1) is 16.9. The number of furan rings is 1. The fourth-order valence-corrected chi connectivity index (χ4v) is 2.12. The van der Waals surface area contributed by atoms with Crippen LogP contribution in [0.3, 0.4) is 0 Å². The van der Waals surface area contributed by atoms with Gasteiger partial charge in [-0.1, -0.05) is 12.1 Å². The molecule has 1 unspecified atom stereocenters. The average Bonchev–Trinajstić information content (AvgIpc) is 3.10. The Morgan fingerprint density at radius 2 is 1.96 bits per heavy atom. The molecule has 2 amide bonds. The van der Waals surface area contributed by atoms with Crippen LogP contribution in [0.5, 0.6) is 5.75 Å². The number of hydrogen-bond donors (Lipinski definition) is 3. The van der Waals surface area contributed by atoms with Crippen molar-refractivity contribution in [1.29, 1.82) is 0 Å². The second-order valence-corrected chi connectivity index (χ2v) is 5.10. The van der Waals surface area contributed by atoms with Crippen LogP contribution in [0.2, 0.25) is 0 Å². The monoisotopic (exact) mass is 318 g/mol. The minimum absolute atomic E-state index is 0.245. The van der Waals surface area contributed by atoms with Crippen molar-refractivity contribution in [2.45, 2.75) is 18.9 Å². The Hall–Kier alpha value is -2.47. The van der Waals surface area contributed by atoms with Gasteiger partial charge in [0.05, 0.1) is 13.4 Å².